The standard InChI is InChI=1S/C33H26N2O5S/c1-39-20-13-14-25(40-2)22(18-20)29(36)28-27(30(37)26-12-7-17-41-26)33(23-10-5-6-11-24(23)34-32(33)38)31-21-9-4-3-8-19(21)15-16-35(28)31/h3-18,27-28,31H,1-2H3,(H,34,38)/t27-,28-,31+,33-/m0/s1. The van der Waals surface area contributed by atoms with E-state index in [1.807, 2.05) is 77.2 Å². The predicted octanol–water partition coefficient (Wildman–Crippen LogP) is 5.75. The molecule has 4 atom stereocenters. The quantitative estimate of drug-likeness (QED) is 0.302. The molecular formula is C33H26N2O5S. The van der Waals surface area contributed by atoms with E-state index in [9.17, 15) is 14.4 Å². The Balaban J connectivity index is 1.54. The summed E-state index contributed by atoms with van der Waals surface area (Å²) in [6, 6.07) is 22.3. The molecule has 3 aliphatic rings. The van der Waals surface area contributed by atoms with Gasteiger partial charge in [-0.15, -0.1) is 11.3 Å². The van der Waals surface area contributed by atoms with Gasteiger partial charge in [0.05, 0.1) is 36.6 Å². The maximum Gasteiger partial charge on any atom is 0.238 e. The Kier molecular flexibility index (Phi) is 5.83. The maximum atomic E-state index is 14.8. The van der Waals surface area contributed by atoms with Crippen molar-refractivity contribution in [2.45, 2.75) is 17.5 Å². The molecule has 204 valence electrons. The number of anilines is 1. The Morgan fingerprint density at radius 3 is 2.51 bits per heavy atom. The van der Waals surface area contributed by atoms with Crippen LogP contribution in [0.15, 0.2) is 90.4 Å². The molecule has 1 amide bonds. The number of benzene rings is 3. The molecule has 4 aromatic rings. The van der Waals surface area contributed by atoms with Gasteiger partial charge in [0, 0.05) is 11.9 Å². The molecule has 1 N–H and O–H groups in total. The van der Waals surface area contributed by atoms with E-state index >= 15 is 0 Å². The molecule has 0 unspecified atom stereocenters. The zero-order valence-corrected chi connectivity index (χ0v) is 23.2. The lowest BCUT2D eigenvalue weighted by molar-refractivity contribution is -0.122. The number of hydrogen-bond donors (Lipinski definition) is 1. The van der Waals surface area contributed by atoms with Crippen molar-refractivity contribution >= 4 is 40.6 Å². The number of amides is 1. The van der Waals surface area contributed by atoms with Gasteiger partial charge in [-0.3, -0.25) is 14.4 Å². The zero-order chi connectivity index (χ0) is 28.3. The van der Waals surface area contributed by atoms with Gasteiger partial charge in [0.2, 0.25) is 5.91 Å². The van der Waals surface area contributed by atoms with Crippen LogP contribution in [0.1, 0.15) is 42.8 Å². The maximum absolute atomic E-state index is 14.8. The topological polar surface area (TPSA) is 84.9 Å². The lowest BCUT2D eigenvalue weighted by Crippen LogP contribution is -2.49. The van der Waals surface area contributed by atoms with Gasteiger partial charge in [-0.25, -0.2) is 0 Å². The average Bonchev–Trinajstić information content (AvgIpc) is 3.73. The summed E-state index contributed by atoms with van der Waals surface area (Å²) in [5, 5.41) is 4.91. The van der Waals surface area contributed by atoms with Gasteiger partial charge in [0.25, 0.3) is 0 Å². The largest absolute Gasteiger partial charge is 0.497 e. The van der Waals surface area contributed by atoms with Crippen LogP contribution in [0, 0.1) is 5.92 Å². The molecule has 3 aromatic carbocycles. The van der Waals surface area contributed by atoms with Crippen molar-refractivity contribution in [1.82, 2.24) is 4.90 Å². The van der Waals surface area contributed by atoms with Crippen LogP contribution < -0.4 is 14.8 Å². The van der Waals surface area contributed by atoms with E-state index in [-0.39, 0.29) is 23.0 Å². The smallest absolute Gasteiger partial charge is 0.238 e. The van der Waals surface area contributed by atoms with Crippen molar-refractivity contribution in [3.63, 3.8) is 0 Å². The van der Waals surface area contributed by atoms with Gasteiger partial charge in [-0.2, -0.15) is 0 Å². The number of ketones is 2. The first-order chi connectivity index (χ1) is 20.0. The van der Waals surface area contributed by atoms with Crippen LogP contribution in [0.3, 0.4) is 0 Å². The number of ether oxygens (including phenoxy) is 2. The fraction of sp³-hybridized carbons (Fsp3) is 0.182. The first kappa shape index (κ1) is 25.3. The van der Waals surface area contributed by atoms with Gasteiger partial charge in [0.15, 0.2) is 11.6 Å². The number of nitrogens with one attached hydrogen (secondary N) is 1. The molecule has 0 aliphatic carbocycles. The van der Waals surface area contributed by atoms with Gasteiger partial charge in [-0.05, 0) is 58.5 Å². The number of fused-ring (bicyclic) bond motifs is 6. The average molecular weight is 563 g/mol. The van der Waals surface area contributed by atoms with E-state index in [1.165, 1.54) is 25.6 Å². The van der Waals surface area contributed by atoms with Crippen LogP contribution in [0.5, 0.6) is 11.5 Å². The first-order valence-corrected chi connectivity index (χ1v) is 14.2. The SMILES string of the molecule is COc1ccc(OC)c(C(=O)[C@@H]2[C@@H](C(=O)c3cccs3)[C@]3(C(=O)Nc4ccccc43)[C@H]3c4ccccc4C=CN23)c1. The monoisotopic (exact) mass is 562 g/mol. The molecule has 1 aromatic heterocycles. The molecule has 1 saturated heterocycles. The normalized spacial score (nSPS) is 23.5. The van der Waals surface area contributed by atoms with Crippen LogP contribution in [-0.4, -0.2) is 42.6 Å². The Hall–Kier alpha value is -4.69. The van der Waals surface area contributed by atoms with Crippen LogP contribution in [-0.2, 0) is 10.2 Å². The summed E-state index contributed by atoms with van der Waals surface area (Å²) in [6.45, 7) is 0. The van der Waals surface area contributed by atoms with Crippen molar-refractivity contribution in [2.24, 2.45) is 5.92 Å². The Bertz CT molecular complexity index is 1750. The summed E-state index contributed by atoms with van der Waals surface area (Å²) in [7, 11) is 3.04. The third kappa shape index (κ3) is 3.47. The number of rotatable bonds is 6. The molecule has 3 aliphatic heterocycles. The molecule has 0 radical (unpaired) electrons. The molecule has 7 nitrogen and oxygen atoms in total. The predicted molar refractivity (Wildman–Crippen MR) is 157 cm³/mol. The number of para-hydroxylation sites is 1. The highest BCUT2D eigenvalue weighted by atomic mass is 32.1. The summed E-state index contributed by atoms with van der Waals surface area (Å²) in [6.07, 6.45) is 3.80. The van der Waals surface area contributed by atoms with Crippen LogP contribution >= 0.6 is 11.3 Å². The number of carbonyl (C=O) groups is 3. The number of methoxy groups -OCH3 is 2. The van der Waals surface area contributed by atoms with E-state index < -0.39 is 23.4 Å². The van der Waals surface area contributed by atoms with E-state index in [0.29, 0.717) is 27.6 Å². The molecule has 8 heteroatoms. The number of nitrogens with zero attached hydrogens (tertiary/aromatic N) is 1. The van der Waals surface area contributed by atoms with E-state index in [4.69, 9.17) is 9.47 Å². The van der Waals surface area contributed by atoms with Crippen molar-refractivity contribution in [3.8, 4) is 11.5 Å². The first-order valence-electron chi connectivity index (χ1n) is 13.3. The Labute approximate surface area is 241 Å². The Morgan fingerprint density at radius 2 is 1.73 bits per heavy atom. The van der Waals surface area contributed by atoms with Crippen molar-refractivity contribution < 1.29 is 23.9 Å². The highest BCUT2D eigenvalue weighted by Crippen LogP contribution is 2.62. The lowest BCUT2D eigenvalue weighted by Gasteiger charge is -2.38. The van der Waals surface area contributed by atoms with Crippen LogP contribution in [0.2, 0.25) is 0 Å². The third-order valence-electron chi connectivity index (χ3n) is 8.56. The second-order valence-corrected chi connectivity index (χ2v) is 11.3. The van der Waals surface area contributed by atoms with Gasteiger partial charge in [0.1, 0.15) is 23.0 Å². The third-order valence-corrected chi connectivity index (χ3v) is 9.44. The number of carbonyl (C=O) groups excluding carboxylic acids is 3. The summed E-state index contributed by atoms with van der Waals surface area (Å²) in [5.41, 5.74) is 2.12. The molecule has 7 rings (SSSR count). The minimum atomic E-state index is -1.37. The molecular weight excluding hydrogens is 536 g/mol. The minimum Gasteiger partial charge on any atom is -0.497 e. The van der Waals surface area contributed by atoms with Gasteiger partial charge in [-0.1, -0.05) is 48.5 Å². The fourth-order valence-electron chi connectivity index (χ4n) is 6.91. The van der Waals surface area contributed by atoms with Crippen molar-refractivity contribution in [1.29, 1.82) is 0 Å². The molecule has 4 heterocycles. The molecule has 41 heavy (non-hydrogen) atoms. The number of thiophene rings is 1. The van der Waals surface area contributed by atoms with Crippen molar-refractivity contribution in [2.75, 3.05) is 19.5 Å². The lowest BCUT2D eigenvalue weighted by atomic mass is 9.63. The summed E-state index contributed by atoms with van der Waals surface area (Å²) < 4.78 is 11.1. The van der Waals surface area contributed by atoms with E-state index in [1.54, 1.807) is 24.3 Å². The number of hydrogen-bond acceptors (Lipinski definition) is 7. The van der Waals surface area contributed by atoms with E-state index in [0.717, 1.165) is 11.1 Å². The van der Waals surface area contributed by atoms with E-state index in [2.05, 4.69) is 5.32 Å². The van der Waals surface area contributed by atoms with Gasteiger partial charge >= 0.3 is 0 Å². The Morgan fingerprint density at radius 1 is 0.927 bits per heavy atom. The van der Waals surface area contributed by atoms with Crippen LogP contribution in [0.25, 0.3) is 6.08 Å². The summed E-state index contributed by atoms with van der Waals surface area (Å²) >= 11 is 1.31. The molecule has 0 bridgehead atoms. The second-order valence-electron chi connectivity index (χ2n) is 10.4. The van der Waals surface area contributed by atoms with Crippen LogP contribution in [0.4, 0.5) is 5.69 Å². The highest BCUT2D eigenvalue weighted by Gasteiger charge is 2.71. The highest BCUT2D eigenvalue weighted by molar-refractivity contribution is 7.12. The molecule has 1 fully saturated rings. The number of Topliss-reactive ketones (excluding diaryl/α,β-unsaturated/α-hetero) is 2. The van der Waals surface area contributed by atoms with Gasteiger partial charge < -0.3 is 19.7 Å². The van der Waals surface area contributed by atoms with Crippen molar-refractivity contribution in [3.05, 3.63) is 118 Å². The minimum absolute atomic E-state index is 0.243. The molecule has 0 saturated carbocycles. The summed E-state index contributed by atoms with van der Waals surface area (Å²) in [5.74, 6) is -1.03. The zero-order valence-electron chi connectivity index (χ0n) is 22.4. The fourth-order valence-corrected chi connectivity index (χ4v) is 7.61. The summed E-state index contributed by atoms with van der Waals surface area (Å²) in [4.78, 5) is 46.4. The molecule has 1 spiro atoms. The second kappa shape index (κ2) is 9.45.